The van der Waals surface area contributed by atoms with Gasteiger partial charge < -0.3 is 10.2 Å². The fourth-order valence-electron chi connectivity index (χ4n) is 2.18. The molecule has 3 heteroatoms. The molecule has 0 saturated carbocycles. The van der Waals surface area contributed by atoms with Crippen molar-refractivity contribution in [3.05, 3.63) is 23.5 Å². The predicted molar refractivity (Wildman–Crippen MR) is 83.7 cm³/mol. The van der Waals surface area contributed by atoms with Crippen LogP contribution in [0.25, 0.3) is 0 Å². The van der Waals surface area contributed by atoms with Crippen LogP contribution in [0.1, 0.15) is 45.9 Å². The van der Waals surface area contributed by atoms with Crippen LogP contribution in [0.3, 0.4) is 0 Å². The Balaban J connectivity index is 2.93. The van der Waals surface area contributed by atoms with Gasteiger partial charge >= 0.3 is 0 Å². The predicted octanol–water partition coefficient (Wildman–Crippen LogP) is 3.37. The van der Waals surface area contributed by atoms with E-state index >= 15 is 0 Å². The molecule has 108 valence electrons. The molecular formula is C16H29N3. The molecule has 1 heterocycles. The summed E-state index contributed by atoms with van der Waals surface area (Å²) in [6.07, 6.45) is 2.00. The summed E-state index contributed by atoms with van der Waals surface area (Å²) in [5.41, 5.74) is 3.92. The first kappa shape index (κ1) is 16.0. The fraction of sp³-hybridized carbons (Fsp3) is 0.688. The maximum atomic E-state index is 4.43. The monoisotopic (exact) mass is 263 g/mol. The smallest absolute Gasteiger partial charge is 0.0443 e. The molecular weight excluding hydrogens is 234 g/mol. The van der Waals surface area contributed by atoms with E-state index in [2.05, 4.69) is 62.9 Å². The Morgan fingerprint density at radius 2 is 1.95 bits per heavy atom. The standard InChI is InChI=1S/C16H29N3/c1-12(2)17-9-14-10-18-13(3)8-15(14)19(7)11-16(4,5)6/h8,10,12,17H,9,11H2,1-7H3. The van der Waals surface area contributed by atoms with Crippen LogP contribution in [0.15, 0.2) is 12.3 Å². The molecule has 1 aromatic rings. The van der Waals surface area contributed by atoms with E-state index in [4.69, 9.17) is 0 Å². The van der Waals surface area contributed by atoms with E-state index in [0.29, 0.717) is 6.04 Å². The summed E-state index contributed by atoms with van der Waals surface area (Å²) in [5.74, 6) is 0. The van der Waals surface area contributed by atoms with Crippen LogP contribution >= 0.6 is 0 Å². The zero-order valence-corrected chi connectivity index (χ0v) is 13.5. The molecule has 0 aliphatic heterocycles. The molecule has 3 nitrogen and oxygen atoms in total. The summed E-state index contributed by atoms with van der Waals surface area (Å²) >= 11 is 0. The molecule has 0 saturated heterocycles. The number of nitrogens with zero attached hydrogens (tertiary/aromatic N) is 2. The van der Waals surface area contributed by atoms with Gasteiger partial charge in [0.05, 0.1) is 0 Å². The summed E-state index contributed by atoms with van der Waals surface area (Å²) in [7, 11) is 2.17. The Kier molecular flexibility index (Phi) is 5.36. The largest absolute Gasteiger partial charge is 0.374 e. The van der Waals surface area contributed by atoms with Crippen molar-refractivity contribution in [1.29, 1.82) is 0 Å². The lowest BCUT2D eigenvalue weighted by Crippen LogP contribution is -2.31. The van der Waals surface area contributed by atoms with Crippen LogP contribution in [0.5, 0.6) is 0 Å². The van der Waals surface area contributed by atoms with E-state index in [0.717, 1.165) is 18.8 Å². The van der Waals surface area contributed by atoms with Gasteiger partial charge in [-0.3, -0.25) is 4.98 Å². The number of hydrogen-bond donors (Lipinski definition) is 1. The van der Waals surface area contributed by atoms with Gasteiger partial charge in [-0.15, -0.1) is 0 Å². The Bertz CT molecular complexity index is 405. The summed E-state index contributed by atoms with van der Waals surface area (Å²) in [4.78, 5) is 6.77. The average Bonchev–Trinajstić information content (AvgIpc) is 2.24. The molecule has 0 fully saturated rings. The fourth-order valence-corrected chi connectivity index (χ4v) is 2.18. The van der Waals surface area contributed by atoms with Crippen molar-refractivity contribution >= 4 is 5.69 Å². The van der Waals surface area contributed by atoms with Gasteiger partial charge in [0.1, 0.15) is 0 Å². The highest BCUT2D eigenvalue weighted by Gasteiger charge is 2.16. The highest BCUT2D eigenvalue weighted by molar-refractivity contribution is 5.53. The van der Waals surface area contributed by atoms with E-state index in [1.54, 1.807) is 0 Å². The quantitative estimate of drug-likeness (QED) is 0.883. The Labute approximate surface area is 118 Å². The van der Waals surface area contributed by atoms with Crippen molar-refractivity contribution < 1.29 is 0 Å². The molecule has 19 heavy (non-hydrogen) atoms. The van der Waals surface area contributed by atoms with Crippen molar-refractivity contribution in [3.8, 4) is 0 Å². The lowest BCUT2D eigenvalue weighted by Gasteiger charge is -2.30. The van der Waals surface area contributed by atoms with Crippen LogP contribution in [0, 0.1) is 12.3 Å². The van der Waals surface area contributed by atoms with Crippen molar-refractivity contribution in [2.24, 2.45) is 5.41 Å². The Hall–Kier alpha value is -1.09. The highest BCUT2D eigenvalue weighted by Crippen LogP contribution is 2.24. The van der Waals surface area contributed by atoms with Gasteiger partial charge in [-0.2, -0.15) is 0 Å². The van der Waals surface area contributed by atoms with Crippen LogP contribution in [0.2, 0.25) is 0 Å². The molecule has 0 aromatic carbocycles. The SMILES string of the molecule is Cc1cc(N(C)CC(C)(C)C)c(CNC(C)C)cn1. The van der Waals surface area contributed by atoms with E-state index in [1.165, 1.54) is 11.3 Å². The number of nitrogens with one attached hydrogen (secondary N) is 1. The molecule has 0 aliphatic rings. The number of anilines is 1. The topological polar surface area (TPSA) is 28.2 Å². The van der Waals surface area contributed by atoms with E-state index in [-0.39, 0.29) is 5.41 Å². The van der Waals surface area contributed by atoms with Crippen LogP contribution in [-0.2, 0) is 6.54 Å². The third-order valence-electron chi connectivity index (χ3n) is 2.92. The minimum Gasteiger partial charge on any atom is -0.374 e. The Morgan fingerprint density at radius 1 is 1.32 bits per heavy atom. The minimum absolute atomic E-state index is 0.286. The van der Waals surface area contributed by atoms with Gasteiger partial charge in [0.15, 0.2) is 0 Å². The normalized spacial score (nSPS) is 12.0. The number of aryl methyl sites for hydroxylation is 1. The first-order chi connectivity index (χ1) is 8.69. The number of hydrogen-bond acceptors (Lipinski definition) is 3. The van der Waals surface area contributed by atoms with Gasteiger partial charge in [0, 0.05) is 49.3 Å². The lowest BCUT2D eigenvalue weighted by molar-refractivity contribution is 0.418. The second-order valence-electron chi connectivity index (χ2n) is 6.91. The van der Waals surface area contributed by atoms with Crippen LogP contribution in [0.4, 0.5) is 5.69 Å². The van der Waals surface area contributed by atoms with Crippen LogP contribution < -0.4 is 10.2 Å². The molecule has 0 bridgehead atoms. The first-order valence-corrected chi connectivity index (χ1v) is 7.09. The second kappa shape index (κ2) is 6.38. The van der Waals surface area contributed by atoms with Gasteiger partial charge in [-0.05, 0) is 18.4 Å². The molecule has 0 amide bonds. The van der Waals surface area contributed by atoms with Crippen molar-refractivity contribution in [2.75, 3.05) is 18.5 Å². The van der Waals surface area contributed by atoms with Gasteiger partial charge in [-0.25, -0.2) is 0 Å². The maximum Gasteiger partial charge on any atom is 0.0443 e. The van der Waals surface area contributed by atoms with Crippen molar-refractivity contribution in [2.45, 2.75) is 54.1 Å². The molecule has 0 radical (unpaired) electrons. The highest BCUT2D eigenvalue weighted by atomic mass is 15.1. The van der Waals surface area contributed by atoms with Gasteiger partial charge in [0.2, 0.25) is 0 Å². The summed E-state index contributed by atoms with van der Waals surface area (Å²) in [6, 6.07) is 2.67. The molecule has 0 spiro atoms. The van der Waals surface area contributed by atoms with Crippen molar-refractivity contribution in [1.82, 2.24) is 10.3 Å². The number of aromatic nitrogens is 1. The zero-order chi connectivity index (χ0) is 14.6. The average molecular weight is 263 g/mol. The minimum atomic E-state index is 0.286. The number of rotatable bonds is 5. The molecule has 1 N–H and O–H groups in total. The third kappa shape index (κ3) is 5.60. The molecule has 0 unspecified atom stereocenters. The van der Waals surface area contributed by atoms with Crippen molar-refractivity contribution in [3.63, 3.8) is 0 Å². The van der Waals surface area contributed by atoms with E-state index < -0.39 is 0 Å². The zero-order valence-electron chi connectivity index (χ0n) is 13.5. The first-order valence-electron chi connectivity index (χ1n) is 7.09. The maximum absolute atomic E-state index is 4.43. The molecule has 1 aromatic heterocycles. The molecule has 0 atom stereocenters. The van der Waals surface area contributed by atoms with Crippen LogP contribution in [-0.4, -0.2) is 24.6 Å². The van der Waals surface area contributed by atoms with Gasteiger partial charge in [0.25, 0.3) is 0 Å². The van der Waals surface area contributed by atoms with E-state index in [9.17, 15) is 0 Å². The molecule has 0 aliphatic carbocycles. The second-order valence-corrected chi connectivity index (χ2v) is 6.91. The van der Waals surface area contributed by atoms with E-state index in [1.807, 2.05) is 13.1 Å². The summed E-state index contributed by atoms with van der Waals surface area (Å²) < 4.78 is 0. The van der Waals surface area contributed by atoms with Gasteiger partial charge in [-0.1, -0.05) is 34.6 Å². The summed E-state index contributed by atoms with van der Waals surface area (Å²) in [6.45, 7) is 15.1. The summed E-state index contributed by atoms with van der Waals surface area (Å²) in [5, 5.41) is 3.47. The molecule has 1 rings (SSSR count). The Morgan fingerprint density at radius 3 is 2.47 bits per heavy atom. The lowest BCUT2D eigenvalue weighted by atomic mass is 9.96. The number of pyridine rings is 1. The third-order valence-corrected chi connectivity index (χ3v) is 2.92.